The van der Waals surface area contributed by atoms with E-state index < -0.39 is 5.60 Å². The van der Waals surface area contributed by atoms with Gasteiger partial charge in [-0.3, -0.25) is 9.13 Å². The number of unbranched alkanes of at least 4 members (excludes halogenated alkanes) is 7. The molecule has 27 heavy (non-hydrogen) atoms. The van der Waals surface area contributed by atoms with Gasteiger partial charge in [-0.1, -0.05) is 45.4 Å². The minimum atomic E-state index is -0.798. The largest absolute Gasteiger partial charge is 0.493 e. The summed E-state index contributed by atoms with van der Waals surface area (Å²) in [7, 11) is 1.58. The third kappa shape index (κ3) is 7.80. The Bertz CT molecular complexity index is 653. The molecule has 0 saturated heterocycles. The summed E-state index contributed by atoms with van der Waals surface area (Å²) in [6.45, 7) is 4.41. The molecule has 0 aliphatic rings. The molecule has 1 rings (SSSR count). The summed E-state index contributed by atoms with van der Waals surface area (Å²) in [4.78, 5) is 12.4. The molecule has 1 aromatic heterocycles. The molecule has 1 atom stereocenters. The summed E-state index contributed by atoms with van der Waals surface area (Å²) in [6, 6.07) is 2.15. The van der Waals surface area contributed by atoms with E-state index in [1.807, 2.05) is 6.92 Å². The molecule has 1 unspecified atom stereocenters. The zero-order valence-electron chi connectivity index (χ0n) is 17.3. The van der Waals surface area contributed by atoms with Crippen molar-refractivity contribution in [1.29, 1.82) is 5.26 Å². The molecule has 0 radical (unpaired) electrons. The van der Waals surface area contributed by atoms with Crippen LogP contribution in [-0.4, -0.2) is 24.9 Å². The van der Waals surface area contributed by atoms with Gasteiger partial charge < -0.3 is 10.2 Å². The third-order valence-corrected chi connectivity index (χ3v) is 5.31. The fraction of sp³-hybridized carbons (Fsp3) is 0.810. The third-order valence-electron chi connectivity index (χ3n) is 5.31. The molecule has 0 fully saturated rings. The quantitative estimate of drug-likeness (QED) is 0.478. The first-order chi connectivity index (χ1) is 12.8. The number of hydrogen-bond donors (Lipinski definition) is 2. The summed E-state index contributed by atoms with van der Waals surface area (Å²) >= 11 is 0. The summed E-state index contributed by atoms with van der Waals surface area (Å²) in [5.41, 5.74) is -0.369. The topological polar surface area (TPSA) is 91.2 Å². The Morgan fingerprint density at radius 1 is 1.07 bits per heavy atom. The Labute approximate surface area is 163 Å². The monoisotopic (exact) mass is 379 g/mol. The normalized spacial score (nSPS) is 13.4. The molecule has 0 spiro atoms. The van der Waals surface area contributed by atoms with Gasteiger partial charge in [-0.15, -0.1) is 0 Å². The standard InChI is InChI=1S/C21H37N3O3/c1-4-5-6-11-14-21(2,27)15-17-24-18(19(25)23(3)20(24)26)13-10-8-7-9-12-16-22/h25,27H,4-15,17H2,1-3H3. The lowest BCUT2D eigenvalue weighted by molar-refractivity contribution is 0.0345. The second-order valence-electron chi connectivity index (χ2n) is 7.89. The molecular weight excluding hydrogens is 342 g/mol. The van der Waals surface area contributed by atoms with Crippen LogP contribution in [0.15, 0.2) is 4.79 Å². The van der Waals surface area contributed by atoms with Crippen molar-refractivity contribution >= 4 is 0 Å². The molecule has 2 N–H and O–H groups in total. The van der Waals surface area contributed by atoms with Crippen molar-refractivity contribution in [2.75, 3.05) is 0 Å². The number of aromatic hydroxyl groups is 1. The van der Waals surface area contributed by atoms with Crippen molar-refractivity contribution in [2.24, 2.45) is 7.05 Å². The summed E-state index contributed by atoms with van der Waals surface area (Å²) in [5, 5.41) is 29.5. The molecule has 0 aliphatic heterocycles. The molecule has 0 aliphatic carbocycles. The summed E-state index contributed by atoms with van der Waals surface area (Å²) in [5.74, 6) is 0.0274. The minimum absolute atomic E-state index is 0.0274. The molecule has 1 aromatic rings. The van der Waals surface area contributed by atoms with Gasteiger partial charge in [0.2, 0.25) is 5.88 Å². The Kier molecular flexibility index (Phi) is 10.2. The van der Waals surface area contributed by atoms with E-state index in [0.29, 0.717) is 31.5 Å². The average Bonchev–Trinajstić information content (AvgIpc) is 2.84. The highest BCUT2D eigenvalue weighted by molar-refractivity contribution is 5.20. The van der Waals surface area contributed by atoms with Gasteiger partial charge in [0, 0.05) is 20.0 Å². The van der Waals surface area contributed by atoms with Crippen molar-refractivity contribution in [2.45, 2.75) is 103 Å². The number of hydrogen-bond acceptors (Lipinski definition) is 4. The zero-order chi connectivity index (χ0) is 20.3. The molecule has 0 saturated carbocycles. The van der Waals surface area contributed by atoms with Crippen LogP contribution in [0.2, 0.25) is 0 Å². The molecule has 0 bridgehead atoms. The van der Waals surface area contributed by atoms with E-state index in [1.54, 1.807) is 11.6 Å². The number of nitriles is 1. The number of nitrogens with zero attached hydrogens (tertiary/aromatic N) is 3. The number of rotatable bonds is 14. The summed E-state index contributed by atoms with van der Waals surface area (Å²) in [6.07, 6.45) is 10.6. The molecular formula is C21H37N3O3. The molecule has 6 nitrogen and oxygen atoms in total. The Balaban J connectivity index is 2.64. The first kappa shape index (κ1) is 23.3. The predicted molar refractivity (Wildman–Crippen MR) is 108 cm³/mol. The Morgan fingerprint density at radius 3 is 2.41 bits per heavy atom. The molecule has 6 heteroatoms. The highest BCUT2D eigenvalue weighted by atomic mass is 16.3. The maximum absolute atomic E-state index is 12.4. The first-order valence-corrected chi connectivity index (χ1v) is 10.4. The molecule has 0 aromatic carbocycles. The van der Waals surface area contributed by atoms with E-state index in [4.69, 9.17) is 5.26 Å². The van der Waals surface area contributed by atoms with Crippen molar-refractivity contribution in [3.63, 3.8) is 0 Å². The van der Waals surface area contributed by atoms with Crippen LogP contribution < -0.4 is 5.69 Å². The van der Waals surface area contributed by atoms with Crippen LogP contribution in [0, 0.1) is 11.3 Å². The molecule has 154 valence electrons. The van der Waals surface area contributed by atoms with E-state index >= 15 is 0 Å². The van der Waals surface area contributed by atoms with E-state index in [2.05, 4.69) is 13.0 Å². The van der Waals surface area contributed by atoms with E-state index in [0.717, 1.165) is 44.9 Å². The van der Waals surface area contributed by atoms with Gasteiger partial charge >= 0.3 is 5.69 Å². The van der Waals surface area contributed by atoms with E-state index in [9.17, 15) is 15.0 Å². The van der Waals surface area contributed by atoms with Gasteiger partial charge in [-0.25, -0.2) is 4.79 Å². The van der Waals surface area contributed by atoms with Crippen LogP contribution in [-0.2, 0) is 20.0 Å². The van der Waals surface area contributed by atoms with Crippen molar-refractivity contribution in [3.8, 4) is 11.9 Å². The highest BCUT2D eigenvalue weighted by Gasteiger charge is 2.23. The minimum Gasteiger partial charge on any atom is -0.493 e. The predicted octanol–water partition coefficient (Wildman–Crippen LogP) is 4.02. The van der Waals surface area contributed by atoms with Gasteiger partial charge in [0.05, 0.1) is 17.4 Å². The van der Waals surface area contributed by atoms with E-state index in [1.165, 1.54) is 17.4 Å². The Hall–Kier alpha value is -1.74. The van der Waals surface area contributed by atoms with Gasteiger partial charge in [-0.05, 0) is 39.0 Å². The Morgan fingerprint density at radius 2 is 1.74 bits per heavy atom. The first-order valence-electron chi connectivity index (χ1n) is 10.4. The van der Waals surface area contributed by atoms with E-state index in [-0.39, 0.29) is 11.6 Å². The van der Waals surface area contributed by atoms with Crippen LogP contribution in [0.3, 0.4) is 0 Å². The lowest BCUT2D eigenvalue weighted by Gasteiger charge is -2.23. The van der Waals surface area contributed by atoms with Crippen LogP contribution in [0.4, 0.5) is 0 Å². The van der Waals surface area contributed by atoms with Crippen LogP contribution in [0.25, 0.3) is 0 Å². The highest BCUT2D eigenvalue weighted by Crippen LogP contribution is 2.23. The van der Waals surface area contributed by atoms with Crippen molar-refractivity contribution < 1.29 is 10.2 Å². The fourth-order valence-corrected chi connectivity index (χ4v) is 3.44. The number of aliphatic hydroxyl groups is 1. The SMILES string of the molecule is CCCCCCC(C)(O)CCn1c(CCCCCCC#N)c(O)n(C)c1=O. The van der Waals surface area contributed by atoms with Gasteiger partial charge in [0.25, 0.3) is 0 Å². The van der Waals surface area contributed by atoms with Crippen LogP contribution in [0.5, 0.6) is 5.88 Å². The smallest absolute Gasteiger partial charge is 0.331 e. The molecule has 1 heterocycles. The second-order valence-corrected chi connectivity index (χ2v) is 7.89. The summed E-state index contributed by atoms with van der Waals surface area (Å²) < 4.78 is 2.89. The zero-order valence-corrected chi connectivity index (χ0v) is 17.3. The fourth-order valence-electron chi connectivity index (χ4n) is 3.44. The second kappa shape index (κ2) is 11.9. The average molecular weight is 380 g/mol. The van der Waals surface area contributed by atoms with Gasteiger partial charge in [0.1, 0.15) is 0 Å². The number of imidazole rings is 1. The van der Waals surface area contributed by atoms with Crippen molar-refractivity contribution in [1.82, 2.24) is 9.13 Å². The lowest BCUT2D eigenvalue weighted by atomic mass is 9.94. The number of aromatic nitrogens is 2. The van der Waals surface area contributed by atoms with Crippen LogP contribution in [0.1, 0.15) is 90.2 Å². The maximum atomic E-state index is 12.4. The van der Waals surface area contributed by atoms with Gasteiger partial charge in [0.15, 0.2) is 0 Å². The van der Waals surface area contributed by atoms with Crippen LogP contribution >= 0.6 is 0 Å². The lowest BCUT2D eigenvalue weighted by Crippen LogP contribution is -2.30. The molecule has 0 amide bonds. The maximum Gasteiger partial charge on any atom is 0.331 e. The van der Waals surface area contributed by atoms with Gasteiger partial charge in [-0.2, -0.15) is 5.26 Å². The van der Waals surface area contributed by atoms with Crippen molar-refractivity contribution in [3.05, 3.63) is 16.2 Å².